The summed E-state index contributed by atoms with van der Waals surface area (Å²) in [5.74, 6) is -1.29. The molecule has 0 bridgehead atoms. The molecule has 26 heavy (non-hydrogen) atoms. The van der Waals surface area contributed by atoms with Gasteiger partial charge in [0.05, 0.1) is 13.2 Å². The number of ether oxygens (including phenoxy) is 2. The van der Waals surface area contributed by atoms with Crippen molar-refractivity contribution >= 4 is 26.2 Å². The van der Waals surface area contributed by atoms with Crippen molar-refractivity contribution in [1.82, 2.24) is 10.6 Å². The second-order valence-corrected chi connectivity index (χ2v) is 12.5. The lowest BCUT2D eigenvalue weighted by molar-refractivity contribution is -0.139. The highest BCUT2D eigenvalue weighted by atomic mass is 28.3. The Morgan fingerprint density at radius 1 is 1.08 bits per heavy atom. The summed E-state index contributed by atoms with van der Waals surface area (Å²) in [5, 5.41) is 13.7. The molecule has 1 aromatic rings. The standard InChI is InChI=1S/C17H26N2O6Si/c1-26(2,3)10-9-24-16(22)18-11-14(15(20)21)19-17(23)25-12-13-7-5-4-6-8-13/h4-8,14H,9-12H2,1-3H3,(H,18,22)(H,19,23)(H,20,21)/t14-/m0/s1. The molecule has 0 saturated carbocycles. The molecule has 0 fully saturated rings. The largest absolute Gasteiger partial charge is 0.480 e. The molecule has 0 aromatic heterocycles. The zero-order valence-corrected chi connectivity index (χ0v) is 16.3. The lowest BCUT2D eigenvalue weighted by Gasteiger charge is -2.17. The number of hydrogen-bond acceptors (Lipinski definition) is 5. The average Bonchev–Trinajstić information content (AvgIpc) is 2.56. The fourth-order valence-corrected chi connectivity index (χ4v) is 2.51. The van der Waals surface area contributed by atoms with Crippen molar-refractivity contribution in [2.24, 2.45) is 0 Å². The van der Waals surface area contributed by atoms with Crippen LogP contribution in [-0.2, 0) is 20.9 Å². The summed E-state index contributed by atoms with van der Waals surface area (Å²) >= 11 is 0. The number of carbonyl (C=O) groups is 3. The Morgan fingerprint density at radius 3 is 2.31 bits per heavy atom. The summed E-state index contributed by atoms with van der Waals surface area (Å²) in [6, 6.07) is 8.48. The minimum absolute atomic E-state index is 0.0190. The number of carboxylic acid groups (broad SMARTS) is 1. The summed E-state index contributed by atoms with van der Waals surface area (Å²) in [5.41, 5.74) is 0.777. The van der Waals surface area contributed by atoms with Gasteiger partial charge in [0.2, 0.25) is 0 Å². The van der Waals surface area contributed by atoms with Crippen molar-refractivity contribution in [3.63, 3.8) is 0 Å². The number of carboxylic acids is 1. The van der Waals surface area contributed by atoms with E-state index in [0.717, 1.165) is 11.6 Å². The van der Waals surface area contributed by atoms with Crippen LogP contribution in [0.5, 0.6) is 0 Å². The summed E-state index contributed by atoms with van der Waals surface area (Å²) in [6.07, 6.45) is -1.59. The van der Waals surface area contributed by atoms with Crippen molar-refractivity contribution in [2.45, 2.75) is 38.3 Å². The Morgan fingerprint density at radius 2 is 1.73 bits per heavy atom. The Kier molecular flexibility index (Phi) is 8.63. The van der Waals surface area contributed by atoms with Crippen LogP contribution < -0.4 is 10.6 Å². The molecule has 0 aliphatic rings. The molecule has 2 amide bonds. The third-order valence-electron chi connectivity index (χ3n) is 3.34. The van der Waals surface area contributed by atoms with Crippen LogP contribution in [0.3, 0.4) is 0 Å². The van der Waals surface area contributed by atoms with Crippen LogP contribution in [0, 0.1) is 0 Å². The topological polar surface area (TPSA) is 114 Å². The van der Waals surface area contributed by atoms with Crippen LogP contribution >= 0.6 is 0 Å². The fraction of sp³-hybridized carbons (Fsp3) is 0.471. The molecule has 0 saturated heterocycles. The molecular formula is C17H26N2O6Si. The Hall–Kier alpha value is -2.55. The first-order valence-corrected chi connectivity index (χ1v) is 12.0. The van der Waals surface area contributed by atoms with Gasteiger partial charge in [0.1, 0.15) is 12.6 Å². The van der Waals surface area contributed by atoms with Gasteiger partial charge in [-0.3, -0.25) is 0 Å². The van der Waals surface area contributed by atoms with Gasteiger partial charge in [-0.2, -0.15) is 0 Å². The number of benzene rings is 1. The van der Waals surface area contributed by atoms with Gasteiger partial charge >= 0.3 is 18.2 Å². The summed E-state index contributed by atoms with van der Waals surface area (Å²) in [4.78, 5) is 34.5. The minimum atomic E-state index is -1.32. The zero-order valence-electron chi connectivity index (χ0n) is 15.3. The first-order valence-electron chi connectivity index (χ1n) is 8.28. The third-order valence-corrected chi connectivity index (χ3v) is 5.04. The number of amides is 2. The molecule has 0 aliphatic heterocycles. The van der Waals surface area contributed by atoms with Gasteiger partial charge in [-0.15, -0.1) is 0 Å². The van der Waals surface area contributed by atoms with Crippen LogP contribution in [0.4, 0.5) is 9.59 Å². The smallest absolute Gasteiger partial charge is 0.408 e. The molecule has 1 rings (SSSR count). The first-order chi connectivity index (χ1) is 12.2. The highest BCUT2D eigenvalue weighted by molar-refractivity contribution is 6.76. The van der Waals surface area contributed by atoms with E-state index in [1.54, 1.807) is 24.3 Å². The van der Waals surface area contributed by atoms with E-state index >= 15 is 0 Å². The van der Waals surface area contributed by atoms with Gasteiger partial charge < -0.3 is 25.2 Å². The molecule has 9 heteroatoms. The second-order valence-electron chi connectivity index (χ2n) is 6.92. The average molecular weight is 382 g/mol. The fourth-order valence-electron chi connectivity index (χ4n) is 1.79. The van der Waals surface area contributed by atoms with Crippen molar-refractivity contribution in [3.8, 4) is 0 Å². The molecule has 1 atom stereocenters. The third kappa shape index (κ3) is 9.67. The Labute approximate surface area is 153 Å². The predicted molar refractivity (Wildman–Crippen MR) is 98.7 cm³/mol. The lowest BCUT2D eigenvalue weighted by atomic mass is 10.2. The molecule has 0 radical (unpaired) electrons. The van der Waals surface area contributed by atoms with Gasteiger partial charge in [0, 0.05) is 8.07 Å². The quantitative estimate of drug-likeness (QED) is 0.565. The highest BCUT2D eigenvalue weighted by Gasteiger charge is 2.22. The summed E-state index contributed by atoms with van der Waals surface area (Å²) in [7, 11) is -1.32. The summed E-state index contributed by atoms with van der Waals surface area (Å²) < 4.78 is 9.97. The van der Waals surface area contributed by atoms with E-state index < -0.39 is 32.3 Å². The van der Waals surface area contributed by atoms with Crippen LogP contribution in [-0.4, -0.2) is 50.5 Å². The molecule has 0 heterocycles. The maximum atomic E-state index is 11.7. The number of rotatable bonds is 9. The van der Waals surface area contributed by atoms with E-state index in [1.807, 2.05) is 6.07 Å². The Bertz CT molecular complexity index is 603. The van der Waals surface area contributed by atoms with Gasteiger partial charge in [0.15, 0.2) is 0 Å². The lowest BCUT2D eigenvalue weighted by Crippen LogP contribution is -2.48. The van der Waals surface area contributed by atoms with Crippen molar-refractivity contribution < 1.29 is 29.0 Å². The van der Waals surface area contributed by atoms with E-state index in [2.05, 4.69) is 30.3 Å². The highest BCUT2D eigenvalue weighted by Crippen LogP contribution is 2.07. The van der Waals surface area contributed by atoms with Gasteiger partial charge in [0.25, 0.3) is 0 Å². The number of nitrogens with one attached hydrogen (secondary N) is 2. The van der Waals surface area contributed by atoms with Crippen LogP contribution in [0.1, 0.15) is 5.56 Å². The van der Waals surface area contributed by atoms with Gasteiger partial charge in [-0.25, -0.2) is 14.4 Å². The van der Waals surface area contributed by atoms with Crippen molar-refractivity contribution in [2.75, 3.05) is 13.2 Å². The molecule has 144 valence electrons. The molecule has 3 N–H and O–H groups in total. The molecule has 0 aliphatic carbocycles. The zero-order chi connectivity index (χ0) is 19.6. The molecule has 8 nitrogen and oxygen atoms in total. The molecule has 0 spiro atoms. The predicted octanol–water partition coefficient (Wildman–Crippen LogP) is 2.43. The van der Waals surface area contributed by atoms with Gasteiger partial charge in [-0.05, 0) is 11.6 Å². The molecule has 0 unspecified atom stereocenters. The number of alkyl carbamates (subject to hydrolysis) is 2. The van der Waals surface area contributed by atoms with Crippen LogP contribution in [0.15, 0.2) is 30.3 Å². The van der Waals surface area contributed by atoms with Crippen molar-refractivity contribution in [3.05, 3.63) is 35.9 Å². The SMILES string of the molecule is C[Si](C)(C)CCOC(=O)NC[C@H](NC(=O)OCc1ccccc1)C(=O)O. The van der Waals surface area contributed by atoms with E-state index in [4.69, 9.17) is 14.6 Å². The number of aliphatic carboxylic acids is 1. The van der Waals surface area contributed by atoms with E-state index in [0.29, 0.717) is 0 Å². The monoisotopic (exact) mass is 382 g/mol. The maximum Gasteiger partial charge on any atom is 0.408 e. The minimum Gasteiger partial charge on any atom is -0.480 e. The maximum absolute atomic E-state index is 11.7. The normalized spacial score (nSPS) is 12.0. The molecule has 1 aromatic carbocycles. The number of carbonyl (C=O) groups excluding carboxylic acids is 2. The van der Waals surface area contributed by atoms with E-state index in [9.17, 15) is 14.4 Å². The van der Waals surface area contributed by atoms with Crippen LogP contribution in [0.2, 0.25) is 25.7 Å². The number of hydrogen-bond donors (Lipinski definition) is 3. The Balaban J connectivity index is 2.35. The second kappa shape index (κ2) is 10.4. The van der Waals surface area contributed by atoms with Gasteiger partial charge in [-0.1, -0.05) is 50.0 Å². The van der Waals surface area contributed by atoms with E-state index in [1.165, 1.54) is 0 Å². The first kappa shape index (κ1) is 21.5. The van der Waals surface area contributed by atoms with E-state index in [-0.39, 0.29) is 19.8 Å². The summed E-state index contributed by atoms with van der Waals surface area (Å²) in [6.45, 7) is 6.46. The molecular weight excluding hydrogens is 356 g/mol. The van der Waals surface area contributed by atoms with Crippen molar-refractivity contribution in [1.29, 1.82) is 0 Å². The van der Waals surface area contributed by atoms with Crippen LogP contribution in [0.25, 0.3) is 0 Å².